The highest BCUT2D eigenvalue weighted by Gasteiger charge is 2.36. The zero-order valence-corrected chi connectivity index (χ0v) is 18.1. The second-order valence-electron chi connectivity index (χ2n) is 8.10. The van der Waals surface area contributed by atoms with Crippen LogP contribution in [0.5, 0.6) is 0 Å². The minimum atomic E-state index is -0.897. The molecular formula is C23H23N7O4. The number of aromatic nitrogens is 4. The molecule has 5 rings (SSSR count). The second-order valence-corrected chi connectivity index (χ2v) is 8.10. The molecule has 1 fully saturated rings. The van der Waals surface area contributed by atoms with E-state index in [-0.39, 0.29) is 18.8 Å². The van der Waals surface area contributed by atoms with E-state index in [2.05, 4.69) is 25.2 Å². The number of aliphatic hydroxyl groups excluding tert-OH is 2. The summed E-state index contributed by atoms with van der Waals surface area (Å²) in [4.78, 5) is 25.5. The van der Waals surface area contributed by atoms with Gasteiger partial charge in [-0.15, -0.1) is 0 Å². The SMILES string of the molecule is Nc1nc(=O)n(C2CC(O)C(CO)O2)cc1C1CC(c2ccccn2)=NN=C1c1ccccn1. The first kappa shape index (κ1) is 22.0. The van der Waals surface area contributed by atoms with Gasteiger partial charge in [-0.05, 0) is 24.3 Å². The van der Waals surface area contributed by atoms with Crippen molar-refractivity contribution < 1.29 is 14.9 Å². The molecule has 0 saturated carbocycles. The fourth-order valence-corrected chi connectivity index (χ4v) is 4.23. The molecule has 11 heteroatoms. The zero-order valence-electron chi connectivity index (χ0n) is 18.1. The lowest BCUT2D eigenvalue weighted by Gasteiger charge is -2.25. The van der Waals surface area contributed by atoms with Crippen molar-refractivity contribution in [3.63, 3.8) is 0 Å². The summed E-state index contributed by atoms with van der Waals surface area (Å²) in [5.41, 5.74) is 8.74. The van der Waals surface area contributed by atoms with Crippen molar-refractivity contribution in [2.75, 3.05) is 12.3 Å². The third-order valence-corrected chi connectivity index (χ3v) is 5.97. The highest BCUT2D eigenvalue weighted by atomic mass is 16.5. The van der Waals surface area contributed by atoms with Crippen LogP contribution in [0.4, 0.5) is 5.82 Å². The molecule has 1 saturated heterocycles. The third-order valence-electron chi connectivity index (χ3n) is 5.97. The van der Waals surface area contributed by atoms with Gasteiger partial charge in [-0.25, -0.2) is 4.79 Å². The predicted octanol–water partition coefficient (Wildman–Crippen LogP) is 0.637. The van der Waals surface area contributed by atoms with E-state index >= 15 is 0 Å². The van der Waals surface area contributed by atoms with Gasteiger partial charge in [0.1, 0.15) is 18.1 Å². The molecule has 2 aliphatic rings. The van der Waals surface area contributed by atoms with E-state index in [1.54, 1.807) is 24.7 Å². The molecule has 0 aromatic carbocycles. The average Bonchev–Trinajstić information content (AvgIpc) is 3.25. The van der Waals surface area contributed by atoms with Crippen LogP contribution in [0.15, 0.2) is 70.0 Å². The molecular weight excluding hydrogens is 438 g/mol. The summed E-state index contributed by atoms with van der Waals surface area (Å²) in [6.45, 7) is -0.356. The minimum absolute atomic E-state index is 0.0643. The van der Waals surface area contributed by atoms with Gasteiger partial charge < -0.3 is 20.7 Å². The highest BCUT2D eigenvalue weighted by molar-refractivity contribution is 6.11. The number of pyridine rings is 2. The number of anilines is 1. The first-order valence-electron chi connectivity index (χ1n) is 10.8. The summed E-state index contributed by atoms with van der Waals surface area (Å²) in [5.74, 6) is -0.349. The summed E-state index contributed by atoms with van der Waals surface area (Å²) in [6, 6.07) is 11.0. The summed E-state index contributed by atoms with van der Waals surface area (Å²) in [7, 11) is 0. The van der Waals surface area contributed by atoms with Gasteiger partial charge in [0.15, 0.2) is 0 Å². The summed E-state index contributed by atoms with van der Waals surface area (Å²) < 4.78 is 6.98. The van der Waals surface area contributed by atoms with E-state index in [0.29, 0.717) is 34.8 Å². The molecule has 4 atom stereocenters. The van der Waals surface area contributed by atoms with Crippen LogP contribution < -0.4 is 11.4 Å². The van der Waals surface area contributed by atoms with Crippen molar-refractivity contribution >= 4 is 17.2 Å². The number of rotatable bonds is 5. The quantitative estimate of drug-likeness (QED) is 0.499. The standard InChI is InChI=1S/C23H23N7O4/c24-22-14(11-30(23(33)27-22)20-10-18(32)19(12-31)34-20)13-9-17(15-5-1-3-7-25-15)28-29-21(13)16-6-2-4-8-26-16/h1-8,11,13,18-20,31-32H,9-10,12H2,(H2,24,27,33). The Morgan fingerprint density at radius 2 is 1.82 bits per heavy atom. The molecule has 0 amide bonds. The van der Waals surface area contributed by atoms with Crippen LogP contribution in [0.1, 0.15) is 41.9 Å². The molecule has 3 aromatic rings. The van der Waals surface area contributed by atoms with Crippen LogP contribution in [0.3, 0.4) is 0 Å². The Labute approximate surface area is 194 Å². The maximum atomic E-state index is 12.7. The van der Waals surface area contributed by atoms with E-state index < -0.39 is 30.0 Å². The van der Waals surface area contributed by atoms with Crippen LogP contribution in [-0.4, -0.2) is 60.0 Å². The van der Waals surface area contributed by atoms with Gasteiger partial charge >= 0.3 is 5.69 Å². The normalized spacial score (nSPS) is 24.5. The number of aliphatic hydroxyl groups is 2. The molecule has 0 radical (unpaired) electrons. The molecule has 3 aromatic heterocycles. The third kappa shape index (κ3) is 4.12. The van der Waals surface area contributed by atoms with E-state index in [1.807, 2.05) is 30.3 Å². The molecule has 0 aliphatic carbocycles. The Hall–Kier alpha value is -3.80. The van der Waals surface area contributed by atoms with E-state index in [0.717, 1.165) is 0 Å². The van der Waals surface area contributed by atoms with Crippen LogP contribution in [0.25, 0.3) is 0 Å². The predicted molar refractivity (Wildman–Crippen MR) is 123 cm³/mol. The molecule has 4 N–H and O–H groups in total. The van der Waals surface area contributed by atoms with Crippen molar-refractivity contribution in [2.24, 2.45) is 10.2 Å². The van der Waals surface area contributed by atoms with Gasteiger partial charge in [-0.2, -0.15) is 15.2 Å². The van der Waals surface area contributed by atoms with Crippen LogP contribution in [0, 0.1) is 0 Å². The Morgan fingerprint density at radius 1 is 1.09 bits per heavy atom. The highest BCUT2D eigenvalue weighted by Crippen LogP contribution is 2.33. The van der Waals surface area contributed by atoms with Gasteiger partial charge in [-0.3, -0.25) is 14.5 Å². The van der Waals surface area contributed by atoms with E-state index in [9.17, 15) is 15.0 Å². The maximum Gasteiger partial charge on any atom is 0.351 e. The van der Waals surface area contributed by atoms with Gasteiger partial charge in [-0.1, -0.05) is 12.1 Å². The molecule has 5 heterocycles. The molecule has 34 heavy (non-hydrogen) atoms. The van der Waals surface area contributed by atoms with Gasteiger partial charge in [0.25, 0.3) is 0 Å². The van der Waals surface area contributed by atoms with Crippen molar-refractivity contribution in [1.82, 2.24) is 19.5 Å². The first-order chi connectivity index (χ1) is 16.5. The smallest absolute Gasteiger partial charge is 0.351 e. The number of nitrogens with zero attached hydrogens (tertiary/aromatic N) is 6. The van der Waals surface area contributed by atoms with Gasteiger partial charge in [0.05, 0.1) is 35.5 Å². The summed E-state index contributed by atoms with van der Waals surface area (Å²) in [6.07, 6.45) is 3.03. The Balaban J connectivity index is 1.59. The number of nitrogens with two attached hydrogens (primary N) is 1. The van der Waals surface area contributed by atoms with Crippen LogP contribution in [-0.2, 0) is 4.74 Å². The fourth-order valence-electron chi connectivity index (χ4n) is 4.23. The lowest BCUT2D eigenvalue weighted by molar-refractivity contribution is -0.0459. The average molecular weight is 461 g/mol. The van der Waals surface area contributed by atoms with E-state index in [1.165, 1.54) is 4.57 Å². The molecule has 0 spiro atoms. The lowest BCUT2D eigenvalue weighted by Crippen LogP contribution is -2.32. The summed E-state index contributed by atoms with van der Waals surface area (Å²) in [5, 5.41) is 28.4. The molecule has 174 valence electrons. The Kier molecular flexibility index (Phi) is 5.97. The number of hydrogen-bond donors (Lipinski definition) is 3. The first-order valence-corrected chi connectivity index (χ1v) is 10.8. The lowest BCUT2D eigenvalue weighted by atomic mass is 9.86. The van der Waals surface area contributed by atoms with Crippen molar-refractivity contribution in [2.45, 2.75) is 37.2 Å². The van der Waals surface area contributed by atoms with Crippen molar-refractivity contribution in [3.8, 4) is 0 Å². The summed E-state index contributed by atoms with van der Waals surface area (Å²) >= 11 is 0. The molecule has 2 aliphatic heterocycles. The van der Waals surface area contributed by atoms with Crippen molar-refractivity contribution in [3.05, 3.63) is 82.4 Å². The van der Waals surface area contributed by atoms with Crippen molar-refractivity contribution in [1.29, 1.82) is 0 Å². The number of hydrogen-bond acceptors (Lipinski definition) is 10. The second kappa shape index (κ2) is 9.21. The monoisotopic (exact) mass is 461 g/mol. The van der Waals surface area contributed by atoms with Crippen LogP contribution >= 0.6 is 0 Å². The number of ether oxygens (including phenoxy) is 1. The van der Waals surface area contributed by atoms with Gasteiger partial charge in [0, 0.05) is 42.9 Å². The molecule has 4 unspecified atom stereocenters. The minimum Gasteiger partial charge on any atom is -0.394 e. The zero-order chi connectivity index (χ0) is 23.7. The van der Waals surface area contributed by atoms with E-state index in [4.69, 9.17) is 10.5 Å². The van der Waals surface area contributed by atoms with Gasteiger partial charge in [0.2, 0.25) is 0 Å². The Morgan fingerprint density at radius 3 is 2.47 bits per heavy atom. The Bertz CT molecular complexity index is 1290. The molecule has 11 nitrogen and oxygen atoms in total. The maximum absolute atomic E-state index is 12.7. The fraction of sp³-hybridized carbons (Fsp3) is 0.304. The molecule has 0 bridgehead atoms. The van der Waals surface area contributed by atoms with Crippen LogP contribution in [0.2, 0.25) is 0 Å². The topological polar surface area (TPSA) is 161 Å². The number of nitrogen functional groups attached to an aromatic ring is 1. The largest absolute Gasteiger partial charge is 0.394 e.